The van der Waals surface area contributed by atoms with Gasteiger partial charge in [-0.25, -0.2) is 9.78 Å². The van der Waals surface area contributed by atoms with E-state index < -0.39 is 0 Å². The third kappa shape index (κ3) is 2.43. The number of aromatic nitrogens is 2. The van der Waals surface area contributed by atoms with Crippen LogP contribution in [0.5, 0.6) is 0 Å². The van der Waals surface area contributed by atoms with Crippen molar-refractivity contribution in [3.8, 4) is 0 Å². The van der Waals surface area contributed by atoms with Gasteiger partial charge in [-0.1, -0.05) is 11.8 Å². The van der Waals surface area contributed by atoms with Crippen molar-refractivity contribution >= 4 is 17.7 Å². The SMILES string of the molecule is COC(=O)c1ccc(Sc2cnc[nH]2)cc1. The maximum Gasteiger partial charge on any atom is 0.337 e. The molecule has 0 aliphatic carbocycles. The third-order valence-corrected chi connectivity index (χ3v) is 2.93. The van der Waals surface area contributed by atoms with Gasteiger partial charge < -0.3 is 9.72 Å². The van der Waals surface area contributed by atoms with E-state index >= 15 is 0 Å². The van der Waals surface area contributed by atoms with Gasteiger partial charge in [-0.15, -0.1) is 0 Å². The summed E-state index contributed by atoms with van der Waals surface area (Å²) in [5, 5.41) is 0.964. The van der Waals surface area contributed by atoms with Crippen LogP contribution in [0.15, 0.2) is 46.7 Å². The topological polar surface area (TPSA) is 55.0 Å². The van der Waals surface area contributed by atoms with Crippen molar-refractivity contribution in [2.45, 2.75) is 9.92 Å². The zero-order chi connectivity index (χ0) is 11.4. The van der Waals surface area contributed by atoms with Crippen LogP contribution in [0.25, 0.3) is 0 Å². The predicted molar refractivity (Wildman–Crippen MR) is 60.5 cm³/mol. The third-order valence-electron chi connectivity index (χ3n) is 1.98. The van der Waals surface area contributed by atoms with Crippen LogP contribution in [0.2, 0.25) is 0 Å². The molecular formula is C11H10N2O2S. The van der Waals surface area contributed by atoms with Gasteiger partial charge in [-0.3, -0.25) is 0 Å². The Morgan fingerprint density at radius 3 is 2.69 bits per heavy atom. The fourth-order valence-corrected chi connectivity index (χ4v) is 1.95. The molecule has 0 atom stereocenters. The molecule has 0 saturated heterocycles. The van der Waals surface area contributed by atoms with E-state index in [2.05, 4.69) is 14.7 Å². The first-order valence-corrected chi connectivity index (χ1v) is 5.46. The maximum absolute atomic E-state index is 11.2. The maximum atomic E-state index is 11.2. The van der Waals surface area contributed by atoms with Crippen LogP contribution >= 0.6 is 11.8 Å². The molecule has 0 aliphatic rings. The highest BCUT2D eigenvalue weighted by Crippen LogP contribution is 2.25. The highest BCUT2D eigenvalue weighted by atomic mass is 32.2. The summed E-state index contributed by atoms with van der Waals surface area (Å²) < 4.78 is 4.62. The highest BCUT2D eigenvalue weighted by molar-refractivity contribution is 7.99. The molecule has 82 valence electrons. The molecule has 1 aromatic carbocycles. The summed E-state index contributed by atoms with van der Waals surface area (Å²) in [6.07, 6.45) is 3.38. The fourth-order valence-electron chi connectivity index (χ4n) is 1.20. The summed E-state index contributed by atoms with van der Waals surface area (Å²) in [5.74, 6) is -0.321. The van der Waals surface area contributed by atoms with Crippen molar-refractivity contribution in [2.75, 3.05) is 7.11 Å². The van der Waals surface area contributed by atoms with Gasteiger partial charge in [0.25, 0.3) is 0 Å². The minimum absolute atomic E-state index is 0.321. The largest absolute Gasteiger partial charge is 0.465 e. The van der Waals surface area contributed by atoms with Gasteiger partial charge in [0.2, 0.25) is 0 Å². The number of hydrogen-bond donors (Lipinski definition) is 1. The van der Waals surface area contributed by atoms with Crippen molar-refractivity contribution in [2.24, 2.45) is 0 Å². The lowest BCUT2D eigenvalue weighted by atomic mass is 10.2. The Hall–Kier alpha value is -1.75. The second kappa shape index (κ2) is 4.85. The Bertz CT molecular complexity index is 465. The first-order valence-electron chi connectivity index (χ1n) is 4.64. The molecule has 0 saturated carbocycles. The van der Waals surface area contributed by atoms with E-state index in [-0.39, 0.29) is 5.97 Å². The number of nitrogens with one attached hydrogen (secondary N) is 1. The minimum atomic E-state index is -0.321. The van der Waals surface area contributed by atoms with E-state index in [1.165, 1.54) is 7.11 Å². The van der Waals surface area contributed by atoms with Gasteiger partial charge in [0, 0.05) is 4.90 Å². The highest BCUT2D eigenvalue weighted by Gasteiger charge is 2.05. The summed E-state index contributed by atoms with van der Waals surface area (Å²) >= 11 is 1.55. The van der Waals surface area contributed by atoms with E-state index in [1.54, 1.807) is 36.4 Å². The number of imidazole rings is 1. The number of esters is 1. The number of H-pyrrole nitrogens is 1. The van der Waals surface area contributed by atoms with E-state index in [9.17, 15) is 4.79 Å². The predicted octanol–water partition coefficient (Wildman–Crippen LogP) is 2.35. The van der Waals surface area contributed by atoms with E-state index in [0.29, 0.717) is 5.56 Å². The molecule has 1 N–H and O–H groups in total. The molecule has 2 rings (SSSR count). The van der Waals surface area contributed by atoms with Crippen LogP contribution in [-0.2, 0) is 4.74 Å². The number of rotatable bonds is 3. The molecule has 0 amide bonds. The van der Waals surface area contributed by atoms with Crippen LogP contribution < -0.4 is 0 Å². The number of ether oxygens (including phenoxy) is 1. The summed E-state index contributed by atoms with van der Waals surface area (Å²) in [5.41, 5.74) is 0.552. The number of carbonyl (C=O) groups excluding carboxylic acids is 1. The molecule has 0 unspecified atom stereocenters. The number of hydrogen-bond acceptors (Lipinski definition) is 4. The molecule has 1 heterocycles. The fraction of sp³-hybridized carbons (Fsp3) is 0.0909. The Labute approximate surface area is 97.0 Å². The summed E-state index contributed by atoms with van der Waals surface area (Å²) in [7, 11) is 1.37. The molecule has 16 heavy (non-hydrogen) atoms. The summed E-state index contributed by atoms with van der Waals surface area (Å²) in [6.45, 7) is 0. The van der Waals surface area contributed by atoms with E-state index in [1.807, 2.05) is 12.1 Å². The Morgan fingerprint density at radius 2 is 2.12 bits per heavy atom. The number of aromatic amines is 1. The molecule has 0 spiro atoms. The van der Waals surface area contributed by atoms with Gasteiger partial charge in [-0.05, 0) is 24.3 Å². The standard InChI is InChI=1S/C11H10N2O2S/c1-15-11(14)8-2-4-9(5-3-8)16-10-6-12-7-13-10/h2-7H,1H3,(H,12,13). The Kier molecular flexibility index (Phi) is 3.26. The average molecular weight is 234 g/mol. The molecule has 0 aliphatic heterocycles. The van der Waals surface area contributed by atoms with Gasteiger partial charge in [0.05, 0.1) is 30.2 Å². The molecule has 2 aromatic rings. The quantitative estimate of drug-likeness (QED) is 0.828. The van der Waals surface area contributed by atoms with Gasteiger partial charge in [-0.2, -0.15) is 0 Å². The first kappa shape index (κ1) is 10.8. The lowest BCUT2D eigenvalue weighted by Gasteiger charge is -2.01. The van der Waals surface area contributed by atoms with Crippen LogP contribution in [0.1, 0.15) is 10.4 Å². The van der Waals surface area contributed by atoms with Gasteiger partial charge in [0.15, 0.2) is 0 Å². The van der Waals surface area contributed by atoms with Crippen molar-refractivity contribution in [1.29, 1.82) is 0 Å². The van der Waals surface area contributed by atoms with Crippen LogP contribution in [0, 0.1) is 0 Å². The van der Waals surface area contributed by atoms with Crippen LogP contribution in [0.4, 0.5) is 0 Å². The van der Waals surface area contributed by atoms with Crippen LogP contribution in [0.3, 0.4) is 0 Å². The lowest BCUT2D eigenvalue weighted by molar-refractivity contribution is 0.0600. The number of nitrogens with zero attached hydrogens (tertiary/aromatic N) is 1. The zero-order valence-electron chi connectivity index (χ0n) is 8.64. The molecular weight excluding hydrogens is 224 g/mol. The smallest absolute Gasteiger partial charge is 0.337 e. The molecule has 4 nitrogen and oxygen atoms in total. The van der Waals surface area contributed by atoms with E-state index in [4.69, 9.17) is 0 Å². The monoisotopic (exact) mass is 234 g/mol. The van der Waals surface area contributed by atoms with Crippen molar-refractivity contribution in [1.82, 2.24) is 9.97 Å². The van der Waals surface area contributed by atoms with Crippen LogP contribution in [-0.4, -0.2) is 23.0 Å². The number of benzene rings is 1. The van der Waals surface area contributed by atoms with Gasteiger partial charge >= 0.3 is 5.97 Å². The molecule has 1 aromatic heterocycles. The summed E-state index contributed by atoms with van der Waals surface area (Å²) in [6, 6.07) is 7.23. The second-order valence-corrected chi connectivity index (χ2v) is 4.15. The van der Waals surface area contributed by atoms with Gasteiger partial charge in [0.1, 0.15) is 0 Å². The normalized spacial score (nSPS) is 10.1. The Morgan fingerprint density at radius 1 is 1.38 bits per heavy atom. The average Bonchev–Trinajstić information content (AvgIpc) is 2.82. The molecule has 0 fully saturated rings. The van der Waals surface area contributed by atoms with Crippen molar-refractivity contribution < 1.29 is 9.53 Å². The molecule has 0 radical (unpaired) electrons. The Balaban J connectivity index is 2.10. The molecule has 0 bridgehead atoms. The minimum Gasteiger partial charge on any atom is -0.465 e. The lowest BCUT2D eigenvalue weighted by Crippen LogP contribution is -2.00. The van der Waals surface area contributed by atoms with Crippen molar-refractivity contribution in [3.63, 3.8) is 0 Å². The number of methoxy groups -OCH3 is 1. The zero-order valence-corrected chi connectivity index (χ0v) is 9.45. The molecule has 5 heteroatoms. The number of carbonyl (C=O) groups is 1. The summed E-state index contributed by atoms with van der Waals surface area (Å²) in [4.78, 5) is 19.2. The first-order chi connectivity index (χ1) is 7.79. The second-order valence-electron chi connectivity index (χ2n) is 3.03. The van der Waals surface area contributed by atoms with E-state index in [0.717, 1.165) is 9.92 Å². The van der Waals surface area contributed by atoms with Crippen molar-refractivity contribution in [3.05, 3.63) is 42.4 Å².